The Hall–Kier alpha value is -3.07. The third kappa shape index (κ3) is 13.3. The summed E-state index contributed by atoms with van der Waals surface area (Å²) in [6, 6.07) is 25.5. The molecule has 0 fully saturated rings. The largest absolute Gasteiger partial charge is 0.494 e. The lowest BCUT2D eigenvalue weighted by atomic mass is 9.93. The molecule has 0 saturated heterocycles. The van der Waals surface area contributed by atoms with Gasteiger partial charge in [0.25, 0.3) is 0 Å². The van der Waals surface area contributed by atoms with Gasteiger partial charge in [0.1, 0.15) is 11.9 Å². The van der Waals surface area contributed by atoms with E-state index in [1.165, 1.54) is 100 Å². The Bertz CT molecular complexity index is 1170. The molecule has 44 heavy (non-hydrogen) atoms. The van der Waals surface area contributed by atoms with Gasteiger partial charge in [-0.2, -0.15) is 0 Å². The summed E-state index contributed by atoms with van der Waals surface area (Å²) in [4.78, 5) is 12.3. The molecule has 3 aromatic carbocycles. The predicted octanol–water partition coefficient (Wildman–Crippen LogP) is 12.7. The van der Waals surface area contributed by atoms with Crippen molar-refractivity contribution in [3.63, 3.8) is 0 Å². The molecule has 3 nitrogen and oxygen atoms in total. The third-order valence-corrected chi connectivity index (χ3v) is 8.59. The fourth-order valence-corrected chi connectivity index (χ4v) is 5.80. The van der Waals surface area contributed by atoms with Gasteiger partial charge < -0.3 is 9.47 Å². The molecule has 0 N–H and O–H groups in total. The number of rotatable bonds is 23. The van der Waals surface area contributed by atoms with E-state index in [1.807, 2.05) is 6.92 Å². The average Bonchev–Trinajstić information content (AvgIpc) is 3.05. The molecule has 0 aliphatic rings. The van der Waals surface area contributed by atoms with E-state index in [-0.39, 0.29) is 12.1 Å². The maximum Gasteiger partial charge on any atom is 0.306 e. The molecule has 0 bridgehead atoms. The van der Waals surface area contributed by atoms with Gasteiger partial charge in [0.05, 0.1) is 6.61 Å². The third-order valence-electron chi connectivity index (χ3n) is 8.59. The number of unbranched alkanes of at least 4 members (excludes halogenated alkanes) is 14. The van der Waals surface area contributed by atoms with Crippen LogP contribution in [0.2, 0.25) is 0 Å². The van der Waals surface area contributed by atoms with Crippen molar-refractivity contribution in [1.29, 1.82) is 0 Å². The lowest BCUT2D eigenvalue weighted by Gasteiger charge is -2.15. The van der Waals surface area contributed by atoms with E-state index in [0.717, 1.165) is 42.7 Å². The fraction of sp³-hybridized carbons (Fsp3) is 0.537. The van der Waals surface area contributed by atoms with E-state index >= 15 is 0 Å². The van der Waals surface area contributed by atoms with Gasteiger partial charge in [0.2, 0.25) is 0 Å². The summed E-state index contributed by atoms with van der Waals surface area (Å²) in [7, 11) is 0. The second kappa shape index (κ2) is 21.6. The van der Waals surface area contributed by atoms with E-state index in [9.17, 15) is 4.79 Å². The first-order chi connectivity index (χ1) is 21.6. The highest BCUT2D eigenvalue weighted by atomic mass is 16.5. The normalized spacial score (nSPS) is 11.8. The van der Waals surface area contributed by atoms with E-state index in [2.05, 4.69) is 86.6 Å². The monoisotopic (exact) mass is 598 g/mol. The molecule has 3 aromatic rings. The molecule has 0 aliphatic carbocycles. The SMILES string of the molecule is CCCCCCCCCCCCCOc1ccc(-c2ccccc2-c2ccc(C(C)OC(=O)CCCCCCC)cc2)cc1. The van der Waals surface area contributed by atoms with E-state index in [0.29, 0.717) is 6.42 Å². The molecule has 0 aromatic heterocycles. The minimum absolute atomic E-state index is 0.102. The second-order valence-electron chi connectivity index (χ2n) is 12.4. The smallest absolute Gasteiger partial charge is 0.306 e. The Kier molecular flexibility index (Phi) is 17.4. The van der Waals surface area contributed by atoms with Crippen molar-refractivity contribution >= 4 is 5.97 Å². The van der Waals surface area contributed by atoms with Crippen LogP contribution in [0.3, 0.4) is 0 Å². The van der Waals surface area contributed by atoms with Crippen molar-refractivity contribution in [1.82, 2.24) is 0 Å². The number of benzene rings is 3. The summed E-state index contributed by atoms with van der Waals surface area (Å²) in [6.07, 6.45) is 20.7. The Balaban J connectivity index is 1.43. The first-order valence-electron chi connectivity index (χ1n) is 17.7. The molecule has 0 amide bonds. The van der Waals surface area contributed by atoms with Gasteiger partial charge in [0, 0.05) is 6.42 Å². The summed E-state index contributed by atoms with van der Waals surface area (Å²) >= 11 is 0. The number of carbonyl (C=O) groups excluding carboxylic acids is 1. The van der Waals surface area contributed by atoms with E-state index in [4.69, 9.17) is 9.47 Å². The number of carbonyl (C=O) groups is 1. The maximum atomic E-state index is 12.3. The summed E-state index contributed by atoms with van der Waals surface area (Å²) in [6.45, 7) is 7.22. The van der Waals surface area contributed by atoms with Crippen LogP contribution in [0.5, 0.6) is 5.75 Å². The van der Waals surface area contributed by atoms with Crippen molar-refractivity contribution in [3.8, 4) is 28.0 Å². The topological polar surface area (TPSA) is 35.5 Å². The van der Waals surface area contributed by atoms with E-state index < -0.39 is 0 Å². The Morgan fingerprint density at radius 1 is 0.568 bits per heavy atom. The quantitative estimate of drug-likeness (QED) is 0.0804. The fourth-order valence-electron chi connectivity index (χ4n) is 5.80. The van der Waals surface area contributed by atoms with Gasteiger partial charge in [-0.1, -0.05) is 164 Å². The highest BCUT2D eigenvalue weighted by Crippen LogP contribution is 2.34. The molecule has 3 heteroatoms. The molecular formula is C41H58O3. The number of hydrogen-bond acceptors (Lipinski definition) is 3. The van der Waals surface area contributed by atoms with Gasteiger partial charge in [-0.15, -0.1) is 0 Å². The molecule has 0 radical (unpaired) electrons. The van der Waals surface area contributed by atoms with Crippen LogP contribution in [0, 0.1) is 0 Å². The van der Waals surface area contributed by atoms with Crippen LogP contribution >= 0.6 is 0 Å². The van der Waals surface area contributed by atoms with Gasteiger partial charge in [-0.25, -0.2) is 0 Å². The van der Waals surface area contributed by atoms with Gasteiger partial charge in [-0.3, -0.25) is 4.79 Å². The molecule has 0 heterocycles. The highest BCUT2D eigenvalue weighted by molar-refractivity contribution is 5.83. The standard InChI is InChI=1S/C41H58O3/c1-4-6-8-10-11-12-13-14-15-17-21-33-43-38-31-29-37(30-32-38)40-23-20-19-22-39(40)36-27-25-35(26-28-36)34(3)44-41(42)24-18-16-9-7-5-2/h19-20,22-23,25-32,34H,4-18,21,24,33H2,1-3H3. The number of ether oxygens (including phenoxy) is 2. The first kappa shape index (κ1) is 35.4. The highest BCUT2D eigenvalue weighted by Gasteiger charge is 2.13. The van der Waals surface area contributed by atoms with Crippen LogP contribution in [0.15, 0.2) is 72.8 Å². The molecule has 240 valence electrons. The second-order valence-corrected chi connectivity index (χ2v) is 12.4. The maximum absolute atomic E-state index is 12.3. The molecule has 0 saturated carbocycles. The lowest BCUT2D eigenvalue weighted by Crippen LogP contribution is -2.08. The number of esters is 1. The van der Waals surface area contributed by atoms with Gasteiger partial charge in [0.15, 0.2) is 0 Å². The van der Waals surface area contributed by atoms with Crippen LogP contribution in [-0.4, -0.2) is 12.6 Å². The minimum Gasteiger partial charge on any atom is -0.494 e. The van der Waals surface area contributed by atoms with Crippen molar-refractivity contribution in [2.24, 2.45) is 0 Å². The summed E-state index contributed by atoms with van der Waals surface area (Å²) in [5.74, 6) is 0.835. The molecule has 3 rings (SSSR count). The summed E-state index contributed by atoms with van der Waals surface area (Å²) in [5, 5.41) is 0. The van der Waals surface area contributed by atoms with Crippen molar-refractivity contribution in [2.45, 2.75) is 136 Å². The Morgan fingerprint density at radius 2 is 1.02 bits per heavy atom. The Morgan fingerprint density at radius 3 is 1.55 bits per heavy atom. The Labute approximate surface area is 268 Å². The van der Waals surface area contributed by atoms with Crippen molar-refractivity contribution < 1.29 is 14.3 Å². The molecule has 0 spiro atoms. The average molecular weight is 599 g/mol. The van der Waals surface area contributed by atoms with E-state index in [1.54, 1.807) is 0 Å². The van der Waals surface area contributed by atoms with Crippen LogP contribution in [0.1, 0.15) is 142 Å². The predicted molar refractivity (Wildman–Crippen MR) is 187 cm³/mol. The first-order valence-corrected chi connectivity index (χ1v) is 17.7. The zero-order valence-corrected chi connectivity index (χ0v) is 28.0. The number of hydrogen-bond donors (Lipinski definition) is 0. The molecule has 1 atom stereocenters. The van der Waals surface area contributed by atoms with Gasteiger partial charge in [-0.05, 0) is 59.7 Å². The zero-order chi connectivity index (χ0) is 31.2. The molecular weight excluding hydrogens is 540 g/mol. The molecule has 0 aliphatic heterocycles. The summed E-state index contributed by atoms with van der Waals surface area (Å²) < 4.78 is 11.8. The van der Waals surface area contributed by atoms with Gasteiger partial charge >= 0.3 is 5.97 Å². The van der Waals surface area contributed by atoms with Crippen LogP contribution in [0.25, 0.3) is 22.3 Å². The van der Waals surface area contributed by atoms with Crippen LogP contribution in [-0.2, 0) is 9.53 Å². The van der Waals surface area contributed by atoms with Crippen molar-refractivity contribution in [3.05, 3.63) is 78.4 Å². The summed E-state index contributed by atoms with van der Waals surface area (Å²) in [5.41, 5.74) is 5.72. The van der Waals surface area contributed by atoms with Crippen LogP contribution < -0.4 is 4.74 Å². The van der Waals surface area contributed by atoms with Crippen LogP contribution in [0.4, 0.5) is 0 Å². The zero-order valence-electron chi connectivity index (χ0n) is 28.0. The molecule has 1 unspecified atom stereocenters. The minimum atomic E-state index is -0.250. The lowest BCUT2D eigenvalue weighted by molar-refractivity contribution is -0.148. The van der Waals surface area contributed by atoms with Crippen molar-refractivity contribution in [2.75, 3.05) is 6.61 Å².